The van der Waals surface area contributed by atoms with E-state index in [0.29, 0.717) is 37.6 Å². The van der Waals surface area contributed by atoms with E-state index in [2.05, 4.69) is 17.2 Å². The Balaban J connectivity index is 2.13. The standard InChI is InChI=1S/C15H24FN3O/c1-4-6-17-10-12-5-7-18-14(13(12)16)19-8-9-20-15(2,3)11-19/h5,7,17H,4,6,8-11H2,1-3H3. The summed E-state index contributed by atoms with van der Waals surface area (Å²) < 4.78 is 20.2. The molecular weight excluding hydrogens is 257 g/mol. The van der Waals surface area contributed by atoms with Crippen LogP contribution in [0.3, 0.4) is 0 Å². The maximum atomic E-state index is 14.6. The maximum absolute atomic E-state index is 14.6. The summed E-state index contributed by atoms with van der Waals surface area (Å²) in [6, 6.07) is 1.74. The number of nitrogens with zero attached hydrogens (tertiary/aromatic N) is 2. The van der Waals surface area contributed by atoms with Crippen molar-refractivity contribution >= 4 is 5.82 Å². The van der Waals surface area contributed by atoms with Gasteiger partial charge in [-0.3, -0.25) is 0 Å². The minimum Gasteiger partial charge on any atom is -0.372 e. The van der Waals surface area contributed by atoms with Crippen molar-refractivity contribution in [1.29, 1.82) is 0 Å². The Morgan fingerprint density at radius 3 is 3.00 bits per heavy atom. The number of hydrogen-bond donors (Lipinski definition) is 1. The van der Waals surface area contributed by atoms with Crippen molar-refractivity contribution in [2.75, 3.05) is 31.1 Å². The second kappa shape index (κ2) is 6.50. The van der Waals surface area contributed by atoms with E-state index in [0.717, 1.165) is 13.0 Å². The first kappa shape index (κ1) is 15.2. The van der Waals surface area contributed by atoms with Gasteiger partial charge in [0.1, 0.15) is 0 Å². The lowest BCUT2D eigenvalue weighted by Gasteiger charge is -2.39. The quantitative estimate of drug-likeness (QED) is 0.841. The molecule has 0 unspecified atom stereocenters. The second-order valence-corrected chi connectivity index (χ2v) is 5.81. The molecule has 2 heterocycles. The van der Waals surface area contributed by atoms with Crippen molar-refractivity contribution in [1.82, 2.24) is 10.3 Å². The minimum atomic E-state index is -0.261. The number of morpholine rings is 1. The molecule has 1 N–H and O–H groups in total. The normalized spacial score (nSPS) is 18.3. The van der Waals surface area contributed by atoms with E-state index in [1.807, 2.05) is 18.7 Å². The molecule has 0 atom stereocenters. The number of anilines is 1. The van der Waals surface area contributed by atoms with Crippen LogP contribution < -0.4 is 10.2 Å². The van der Waals surface area contributed by atoms with Gasteiger partial charge in [-0.2, -0.15) is 0 Å². The fourth-order valence-corrected chi connectivity index (χ4v) is 2.43. The number of halogens is 1. The van der Waals surface area contributed by atoms with Crippen LogP contribution in [0.5, 0.6) is 0 Å². The minimum absolute atomic E-state index is 0.214. The molecule has 0 aromatic carbocycles. The van der Waals surface area contributed by atoms with Gasteiger partial charge in [-0.25, -0.2) is 9.37 Å². The zero-order chi connectivity index (χ0) is 14.6. The van der Waals surface area contributed by atoms with Crippen LogP contribution in [0.25, 0.3) is 0 Å². The zero-order valence-corrected chi connectivity index (χ0v) is 12.6. The second-order valence-electron chi connectivity index (χ2n) is 5.81. The monoisotopic (exact) mass is 281 g/mol. The van der Waals surface area contributed by atoms with Crippen LogP contribution in [0.1, 0.15) is 32.8 Å². The molecule has 0 radical (unpaired) electrons. The highest BCUT2D eigenvalue weighted by Gasteiger charge is 2.29. The van der Waals surface area contributed by atoms with Crippen molar-refractivity contribution in [3.8, 4) is 0 Å². The molecule has 0 spiro atoms. The average molecular weight is 281 g/mol. The molecule has 1 saturated heterocycles. The van der Waals surface area contributed by atoms with E-state index in [-0.39, 0.29) is 11.4 Å². The fourth-order valence-electron chi connectivity index (χ4n) is 2.43. The number of aromatic nitrogens is 1. The third-order valence-corrected chi connectivity index (χ3v) is 3.42. The third-order valence-electron chi connectivity index (χ3n) is 3.42. The molecule has 1 aromatic heterocycles. The highest BCUT2D eigenvalue weighted by Crippen LogP contribution is 2.25. The smallest absolute Gasteiger partial charge is 0.170 e. The van der Waals surface area contributed by atoms with E-state index in [1.165, 1.54) is 0 Å². The van der Waals surface area contributed by atoms with Crippen molar-refractivity contribution in [2.45, 2.75) is 39.3 Å². The summed E-state index contributed by atoms with van der Waals surface area (Å²) in [5.74, 6) is 0.228. The number of hydrogen-bond acceptors (Lipinski definition) is 4. The molecule has 1 fully saturated rings. The summed E-state index contributed by atoms with van der Waals surface area (Å²) in [5, 5.41) is 3.23. The van der Waals surface area contributed by atoms with Gasteiger partial charge >= 0.3 is 0 Å². The van der Waals surface area contributed by atoms with Crippen LogP contribution in [0.4, 0.5) is 10.2 Å². The molecule has 20 heavy (non-hydrogen) atoms. The molecule has 0 bridgehead atoms. The van der Waals surface area contributed by atoms with Gasteiger partial charge in [-0.1, -0.05) is 6.92 Å². The summed E-state index contributed by atoms with van der Waals surface area (Å²) in [4.78, 5) is 6.20. The van der Waals surface area contributed by atoms with E-state index in [9.17, 15) is 4.39 Å². The Morgan fingerprint density at radius 1 is 1.50 bits per heavy atom. The lowest BCUT2D eigenvalue weighted by atomic mass is 10.1. The largest absolute Gasteiger partial charge is 0.372 e. The summed E-state index contributed by atoms with van der Waals surface area (Å²) in [5.41, 5.74) is 0.413. The Kier molecular flexibility index (Phi) is 4.94. The van der Waals surface area contributed by atoms with E-state index in [1.54, 1.807) is 12.3 Å². The summed E-state index contributed by atoms with van der Waals surface area (Å²) >= 11 is 0. The Labute approximate surface area is 120 Å². The third kappa shape index (κ3) is 3.67. The molecule has 4 nitrogen and oxygen atoms in total. The van der Waals surface area contributed by atoms with Crippen LogP contribution in [0.2, 0.25) is 0 Å². The first-order valence-electron chi connectivity index (χ1n) is 7.26. The highest BCUT2D eigenvalue weighted by atomic mass is 19.1. The van der Waals surface area contributed by atoms with Crippen LogP contribution in [0.15, 0.2) is 12.3 Å². The van der Waals surface area contributed by atoms with Crippen LogP contribution in [0, 0.1) is 5.82 Å². The van der Waals surface area contributed by atoms with E-state index >= 15 is 0 Å². The van der Waals surface area contributed by atoms with Crippen molar-refractivity contribution in [3.05, 3.63) is 23.6 Å². The topological polar surface area (TPSA) is 37.4 Å². The lowest BCUT2D eigenvalue weighted by molar-refractivity contribution is -0.0280. The molecule has 0 saturated carbocycles. The highest BCUT2D eigenvalue weighted by molar-refractivity contribution is 5.44. The average Bonchev–Trinajstić information content (AvgIpc) is 2.40. The predicted octanol–water partition coefficient (Wildman–Crippen LogP) is 2.34. The fraction of sp³-hybridized carbons (Fsp3) is 0.667. The van der Waals surface area contributed by atoms with Gasteiger partial charge in [0.25, 0.3) is 0 Å². The zero-order valence-electron chi connectivity index (χ0n) is 12.6. The molecule has 5 heteroatoms. The SMILES string of the molecule is CCCNCc1ccnc(N2CCOC(C)(C)C2)c1F. The number of rotatable bonds is 5. The molecule has 1 aliphatic heterocycles. The van der Waals surface area contributed by atoms with E-state index in [4.69, 9.17) is 4.74 Å². The van der Waals surface area contributed by atoms with Crippen LogP contribution in [-0.2, 0) is 11.3 Å². The Bertz CT molecular complexity index is 451. The molecule has 112 valence electrons. The van der Waals surface area contributed by atoms with E-state index < -0.39 is 0 Å². The molecule has 1 aliphatic rings. The van der Waals surface area contributed by atoms with Gasteiger partial charge in [-0.15, -0.1) is 0 Å². The number of ether oxygens (including phenoxy) is 1. The summed E-state index contributed by atoms with van der Waals surface area (Å²) in [7, 11) is 0. The summed E-state index contributed by atoms with van der Waals surface area (Å²) in [6.07, 6.45) is 2.72. The lowest BCUT2D eigenvalue weighted by Crippen LogP contribution is -2.49. The van der Waals surface area contributed by atoms with Gasteiger partial charge in [-0.05, 0) is 32.9 Å². The number of nitrogens with one attached hydrogen (secondary N) is 1. The van der Waals surface area contributed by atoms with Gasteiger partial charge in [0.05, 0.1) is 12.2 Å². The molecular formula is C15H24FN3O. The van der Waals surface area contributed by atoms with Crippen molar-refractivity contribution in [3.63, 3.8) is 0 Å². The molecule has 0 aliphatic carbocycles. The van der Waals surface area contributed by atoms with Gasteiger partial charge in [0.15, 0.2) is 11.6 Å². The van der Waals surface area contributed by atoms with Crippen molar-refractivity contribution < 1.29 is 9.13 Å². The molecule has 0 amide bonds. The van der Waals surface area contributed by atoms with Crippen molar-refractivity contribution in [2.24, 2.45) is 0 Å². The maximum Gasteiger partial charge on any atom is 0.170 e. The first-order chi connectivity index (χ1) is 9.53. The first-order valence-corrected chi connectivity index (χ1v) is 7.26. The van der Waals surface area contributed by atoms with Gasteiger partial charge < -0.3 is 15.0 Å². The van der Waals surface area contributed by atoms with Gasteiger partial charge in [0, 0.05) is 31.4 Å². The molecule has 1 aromatic rings. The predicted molar refractivity (Wildman–Crippen MR) is 78.4 cm³/mol. The van der Waals surface area contributed by atoms with Crippen LogP contribution in [-0.4, -0.2) is 36.8 Å². The molecule has 2 rings (SSSR count). The summed E-state index contributed by atoms with van der Waals surface area (Å²) in [6.45, 7) is 9.50. The van der Waals surface area contributed by atoms with Gasteiger partial charge in [0.2, 0.25) is 0 Å². The number of pyridine rings is 1. The van der Waals surface area contributed by atoms with Crippen LogP contribution >= 0.6 is 0 Å². The Morgan fingerprint density at radius 2 is 2.30 bits per heavy atom. The Hall–Kier alpha value is -1.20.